The highest BCUT2D eigenvalue weighted by atomic mass is 31.2. The normalized spacial score (nSPS) is 11.9. The number of carbonyl (C=O) groups is 1. The molecule has 5 heteroatoms. The van der Waals surface area contributed by atoms with E-state index in [-0.39, 0.29) is 6.42 Å². The molecule has 1 N–H and O–H groups in total. The Kier molecular flexibility index (Phi) is 6.21. The summed E-state index contributed by atoms with van der Waals surface area (Å²) in [6.45, 7) is 0. The first-order valence-corrected chi connectivity index (χ1v) is 11.1. The van der Waals surface area contributed by atoms with Gasteiger partial charge in [0.25, 0.3) is 0 Å². The van der Waals surface area contributed by atoms with Crippen molar-refractivity contribution in [1.82, 2.24) is 0 Å². The van der Waals surface area contributed by atoms with E-state index in [1.165, 1.54) is 0 Å². The van der Waals surface area contributed by atoms with Crippen molar-refractivity contribution in [3.63, 3.8) is 0 Å². The number of rotatable bonds is 8. The Morgan fingerprint density at radius 1 is 0.750 bits per heavy atom. The van der Waals surface area contributed by atoms with Crippen LogP contribution in [0.4, 0.5) is 8.78 Å². The molecule has 0 aromatic heterocycles. The highest BCUT2D eigenvalue weighted by Gasteiger charge is 2.46. The van der Waals surface area contributed by atoms with E-state index < -0.39 is 25.6 Å². The highest BCUT2D eigenvalue weighted by Crippen LogP contribution is 2.56. The molecule has 0 atom stereocenters. The summed E-state index contributed by atoms with van der Waals surface area (Å²) in [5.74, 6) is -5.77. The van der Waals surface area contributed by atoms with Crippen LogP contribution < -0.4 is 15.9 Å². The molecule has 0 fully saturated rings. The number of aliphatic carboxylic acids is 1. The zero-order valence-electron chi connectivity index (χ0n) is 15.3. The van der Waals surface area contributed by atoms with Crippen molar-refractivity contribution in [2.24, 2.45) is 0 Å². The van der Waals surface area contributed by atoms with Gasteiger partial charge in [-0.05, 0) is 42.8 Å². The van der Waals surface area contributed by atoms with E-state index in [9.17, 15) is 13.6 Å². The molecule has 0 bridgehead atoms. The molecular weight excluding hydrogens is 377 g/mol. The van der Waals surface area contributed by atoms with Gasteiger partial charge in [-0.25, -0.2) is 4.79 Å². The van der Waals surface area contributed by atoms with Crippen LogP contribution in [0.25, 0.3) is 0 Å². The monoisotopic (exact) mass is 399 g/mol. The van der Waals surface area contributed by atoms with Crippen molar-refractivity contribution in [3.05, 3.63) is 91.0 Å². The summed E-state index contributed by atoms with van der Waals surface area (Å²) in [5.41, 5.74) is 0. The molecule has 2 nitrogen and oxygen atoms in total. The Labute approximate surface area is 164 Å². The van der Waals surface area contributed by atoms with E-state index in [0.29, 0.717) is 6.16 Å². The van der Waals surface area contributed by atoms with Crippen LogP contribution in [0.3, 0.4) is 0 Å². The Morgan fingerprint density at radius 2 is 1.11 bits per heavy atom. The van der Waals surface area contributed by atoms with Gasteiger partial charge in [0.05, 0.1) is 6.16 Å². The molecule has 3 aromatic rings. The Morgan fingerprint density at radius 3 is 1.43 bits per heavy atom. The predicted octanol–water partition coefficient (Wildman–Crippen LogP) is 4.48. The van der Waals surface area contributed by atoms with Gasteiger partial charge in [0, 0.05) is 6.42 Å². The molecule has 0 heterocycles. The first-order chi connectivity index (χ1) is 13.5. The fourth-order valence-electron chi connectivity index (χ4n) is 3.53. The van der Waals surface area contributed by atoms with Gasteiger partial charge in [-0.1, -0.05) is 54.6 Å². The first-order valence-electron chi connectivity index (χ1n) is 9.13. The van der Waals surface area contributed by atoms with Gasteiger partial charge in [-0.15, -0.1) is 0 Å². The zero-order valence-corrected chi connectivity index (χ0v) is 16.2. The summed E-state index contributed by atoms with van der Waals surface area (Å²) < 4.78 is 27.5. The number of hydrogen-bond donors (Lipinski definition) is 1. The molecule has 0 aliphatic rings. The van der Waals surface area contributed by atoms with E-state index in [2.05, 4.69) is 0 Å². The third-order valence-electron chi connectivity index (χ3n) is 4.89. The predicted molar refractivity (Wildman–Crippen MR) is 112 cm³/mol. The van der Waals surface area contributed by atoms with Gasteiger partial charge in [0.2, 0.25) is 0 Å². The zero-order chi connectivity index (χ0) is 20.0. The molecule has 144 valence electrons. The van der Waals surface area contributed by atoms with Crippen LogP contribution in [0.1, 0.15) is 12.8 Å². The van der Waals surface area contributed by atoms with Crippen molar-refractivity contribution in [2.45, 2.75) is 18.8 Å². The van der Waals surface area contributed by atoms with Gasteiger partial charge in [0.1, 0.15) is 23.2 Å². The van der Waals surface area contributed by atoms with E-state index in [4.69, 9.17) is 5.11 Å². The summed E-state index contributed by atoms with van der Waals surface area (Å²) in [5, 5.41) is 12.1. The molecule has 0 radical (unpaired) electrons. The third-order valence-corrected chi connectivity index (χ3v) is 9.41. The van der Waals surface area contributed by atoms with E-state index >= 15 is 0 Å². The van der Waals surface area contributed by atoms with Crippen LogP contribution >= 0.6 is 7.26 Å². The summed E-state index contributed by atoms with van der Waals surface area (Å²) in [6.07, 6.45) is -0.0732. The summed E-state index contributed by atoms with van der Waals surface area (Å²) in [4.78, 5) is 10.8. The van der Waals surface area contributed by atoms with Crippen molar-refractivity contribution in [1.29, 1.82) is 0 Å². The molecule has 3 aromatic carbocycles. The first kappa shape index (κ1) is 20.2. The van der Waals surface area contributed by atoms with Crippen molar-refractivity contribution >= 4 is 29.1 Å². The number of hydrogen-bond acceptors (Lipinski definition) is 1. The largest absolute Gasteiger partial charge is 0.477 e. The Hall–Kier alpha value is -2.58. The van der Waals surface area contributed by atoms with E-state index in [1.54, 1.807) is 0 Å². The minimum absolute atomic E-state index is 0.117. The van der Waals surface area contributed by atoms with Crippen molar-refractivity contribution in [2.75, 3.05) is 6.16 Å². The van der Waals surface area contributed by atoms with Gasteiger partial charge in [0.15, 0.2) is 0 Å². The standard InChI is InChI=1S/C23H21F2O2P/c24-23(25,22(26)27)17-10-18-28(19-11-4-1-5-12-19,20-13-6-2-7-14-20)21-15-8-3-9-16-21/h1-9,11-16H,10,17-18H2/p+1. The number of alkyl halides is 2. The molecule has 0 saturated carbocycles. The van der Waals surface area contributed by atoms with Gasteiger partial charge < -0.3 is 5.11 Å². The maximum absolute atomic E-state index is 13.7. The maximum Gasteiger partial charge on any atom is 0.374 e. The fraction of sp³-hybridized carbons (Fsp3) is 0.174. The Balaban J connectivity index is 2.10. The molecule has 0 amide bonds. The average Bonchev–Trinajstić information content (AvgIpc) is 2.73. The lowest BCUT2D eigenvalue weighted by molar-refractivity contribution is -0.165. The van der Waals surface area contributed by atoms with Crippen LogP contribution in [-0.4, -0.2) is 23.2 Å². The van der Waals surface area contributed by atoms with Gasteiger partial charge in [-0.2, -0.15) is 8.78 Å². The lowest BCUT2D eigenvalue weighted by Gasteiger charge is -2.28. The number of carboxylic acids is 1. The quantitative estimate of drug-likeness (QED) is 0.567. The van der Waals surface area contributed by atoms with Crippen molar-refractivity contribution < 1.29 is 18.7 Å². The SMILES string of the molecule is O=C(O)C(F)(F)CCC[P+](c1ccccc1)(c1ccccc1)c1ccccc1. The van der Waals surface area contributed by atoms with Crippen LogP contribution in [0.2, 0.25) is 0 Å². The molecule has 28 heavy (non-hydrogen) atoms. The van der Waals surface area contributed by atoms with Gasteiger partial charge in [-0.3, -0.25) is 0 Å². The van der Waals surface area contributed by atoms with Crippen LogP contribution in [-0.2, 0) is 4.79 Å². The summed E-state index contributed by atoms with van der Waals surface area (Å²) >= 11 is 0. The second-order valence-corrected chi connectivity index (χ2v) is 10.3. The molecule has 3 rings (SSSR count). The topological polar surface area (TPSA) is 37.3 Å². The molecule has 0 aliphatic heterocycles. The lowest BCUT2D eigenvalue weighted by Crippen LogP contribution is -2.34. The smallest absolute Gasteiger partial charge is 0.374 e. The van der Waals surface area contributed by atoms with Crippen LogP contribution in [0, 0.1) is 0 Å². The molecule has 0 spiro atoms. The number of carboxylic acid groups (broad SMARTS) is 1. The third kappa shape index (κ3) is 4.13. The molecule has 0 saturated heterocycles. The van der Waals surface area contributed by atoms with Crippen LogP contribution in [0.15, 0.2) is 91.0 Å². The maximum atomic E-state index is 13.7. The minimum Gasteiger partial charge on any atom is -0.477 e. The molecule has 0 unspecified atom stereocenters. The average molecular weight is 399 g/mol. The van der Waals surface area contributed by atoms with E-state index in [0.717, 1.165) is 15.9 Å². The number of halogens is 2. The second kappa shape index (κ2) is 8.62. The van der Waals surface area contributed by atoms with Gasteiger partial charge >= 0.3 is 11.9 Å². The number of benzene rings is 3. The molecular formula is C23H22F2O2P+. The van der Waals surface area contributed by atoms with Crippen molar-refractivity contribution in [3.8, 4) is 0 Å². The highest BCUT2D eigenvalue weighted by molar-refractivity contribution is 7.95. The summed E-state index contributed by atoms with van der Waals surface area (Å²) in [6, 6.07) is 29.8. The fourth-order valence-corrected chi connectivity index (χ4v) is 7.87. The lowest BCUT2D eigenvalue weighted by atomic mass is 10.2. The summed E-state index contributed by atoms with van der Waals surface area (Å²) in [7, 11) is -2.20. The van der Waals surface area contributed by atoms with Crippen LogP contribution in [0.5, 0.6) is 0 Å². The Bertz CT molecular complexity index is 803. The molecule has 0 aliphatic carbocycles. The second-order valence-electron chi connectivity index (χ2n) is 6.65. The minimum atomic E-state index is -3.71. The van der Waals surface area contributed by atoms with E-state index in [1.807, 2.05) is 91.0 Å².